The Morgan fingerprint density at radius 3 is 2.23 bits per heavy atom. The first-order valence-corrected chi connectivity index (χ1v) is 4.32. The van der Waals surface area contributed by atoms with Crippen LogP contribution in [-0.2, 0) is 0 Å². The molecule has 0 bridgehead atoms. The summed E-state index contributed by atoms with van der Waals surface area (Å²) < 4.78 is 5.13. The lowest BCUT2D eigenvalue weighted by Crippen LogP contribution is -2.03. The van der Waals surface area contributed by atoms with E-state index in [1.165, 1.54) is 5.56 Å². The first-order chi connectivity index (χ1) is 6.09. The smallest absolute Gasteiger partial charge is 0.183 e. The van der Waals surface area contributed by atoms with Gasteiger partial charge in [-0.05, 0) is 30.2 Å². The molecule has 0 radical (unpaired) electrons. The maximum absolute atomic E-state index is 5.31. The summed E-state index contributed by atoms with van der Waals surface area (Å²) in [4.78, 5) is 0. The SMILES string of the molecule is C=C(N)Oc1ccc(C(C)C)cc1. The number of hydrogen-bond acceptors (Lipinski definition) is 2. The number of nitrogens with two attached hydrogens (primary N) is 1. The van der Waals surface area contributed by atoms with Gasteiger partial charge in [-0.2, -0.15) is 0 Å². The fourth-order valence-corrected chi connectivity index (χ4v) is 1.07. The van der Waals surface area contributed by atoms with E-state index < -0.39 is 0 Å². The topological polar surface area (TPSA) is 35.2 Å². The van der Waals surface area contributed by atoms with E-state index in [0.29, 0.717) is 5.92 Å². The molecule has 0 aliphatic heterocycles. The van der Waals surface area contributed by atoms with Crippen molar-refractivity contribution in [1.29, 1.82) is 0 Å². The van der Waals surface area contributed by atoms with Crippen LogP contribution in [0.15, 0.2) is 36.7 Å². The van der Waals surface area contributed by atoms with Crippen molar-refractivity contribution in [1.82, 2.24) is 0 Å². The first-order valence-electron chi connectivity index (χ1n) is 4.32. The van der Waals surface area contributed by atoms with Crippen molar-refractivity contribution in [2.45, 2.75) is 19.8 Å². The summed E-state index contributed by atoms with van der Waals surface area (Å²) in [5.74, 6) is 1.49. The predicted molar refractivity (Wildman–Crippen MR) is 54.5 cm³/mol. The number of rotatable bonds is 3. The Labute approximate surface area is 79.0 Å². The van der Waals surface area contributed by atoms with Gasteiger partial charge in [0, 0.05) is 0 Å². The van der Waals surface area contributed by atoms with E-state index in [1.807, 2.05) is 24.3 Å². The molecule has 1 aromatic carbocycles. The van der Waals surface area contributed by atoms with Crippen molar-refractivity contribution in [3.05, 3.63) is 42.3 Å². The van der Waals surface area contributed by atoms with E-state index in [1.54, 1.807) is 0 Å². The quantitative estimate of drug-likeness (QED) is 0.720. The minimum absolute atomic E-state index is 0.220. The molecule has 13 heavy (non-hydrogen) atoms. The molecule has 0 atom stereocenters. The molecule has 0 aliphatic rings. The van der Waals surface area contributed by atoms with Crippen molar-refractivity contribution in [2.75, 3.05) is 0 Å². The average molecular weight is 177 g/mol. The van der Waals surface area contributed by atoms with E-state index >= 15 is 0 Å². The highest BCUT2D eigenvalue weighted by Crippen LogP contribution is 2.18. The van der Waals surface area contributed by atoms with Crippen LogP contribution in [0.1, 0.15) is 25.3 Å². The molecule has 0 unspecified atom stereocenters. The number of hydrogen-bond donors (Lipinski definition) is 1. The minimum Gasteiger partial charge on any atom is -0.442 e. The molecular weight excluding hydrogens is 162 g/mol. The lowest BCUT2D eigenvalue weighted by molar-refractivity contribution is 0.422. The van der Waals surface area contributed by atoms with Gasteiger partial charge in [0.2, 0.25) is 0 Å². The van der Waals surface area contributed by atoms with Crippen LogP contribution in [0, 0.1) is 0 Å². The van der Waals surface area contributed by atoms with Gasteiger partial charge in [0.1, 0.15) is 5.75 Å². The highest BCUT2D eigenvalue weighted by molar-refractivity contribution is 5.29. The summed E-state index contributed by atoms with van der Waals surface area (Å²) in [6.07, 6.45) is 0. The van der Waals surface area contributed by atoms with E-state index in [0.717, 1.165) is 5.75 Å². The van der Waals surface area contributed by atoms with Crippen molar-refractivity contribution < 1.29 is 4.74 Å². The molecule has 2 nitrogen and oxygen atoms in total. The minimum atomic E-state index is 0.220. The normalized spacial score (nSPS) is 10.1. The van der Waals surface area contributed by atoms with Crippen molar-refractivity contribution >= 4 is 0 Å². The van der Waals surface area contributed by atoms with Gasteiger partial charge >= 0.3 is 0 Å². The van der Waals surface area contributed by atoms with Crippen LogP contribution < -0.4 is 10.5 Å². The Morgan fingerprint density at radius 2 is 1.85 bits per heavy atom. The van der Waals surface area contributed by atoms with Gasteiger partial charge in [0.25, 0.3) is 0 Å². The fraction of sp³-hybridized carbons (Fsp3) is 0.273. The van der Waals surface area contributed by atoms with Gasteiger partial charge in [0.15, 0.2) is 5.88 Å². The van der Waals surface area contributed by atoms with E-state index in [4.69, 9.17) is 10.5 Å². The maximum Gasteiger partial charge on any atom is 0.183 e. The molecule has 0 spiro atoms. The zero-order valence-electron chi connectivity index (χ0n) is 8.08. The van der Waals surface area contributed by atoms with E-state index in [-0.39, 0.29) is 5.88 Å². The molecule has 1 aromatic rings. The molecule has 2 heteroatoms. The second kappa shape index (κ2) is 3.99. The Hall–Kier alpha value is -1.44. The Morgan fingerprint density at radius 1 is 1.31 bits per heavy atom. The van der Waals surface area contributed by atoms with Gasteiger partial charge < -0.3 is 10.5 Å². The molecule has 2 N–H and O–H groups in total. The third-order valence-corrected chi connectivity index (χ3v) is 1.80. The molecule has 0 aromatic heterocycles. The molecule has 0 saturated carbocycles. The van der Waals surface area contributed by atoms with Crippen LogP contribution in [0.4, 0.5) is 0 Å². The van der Waals surface area contributed by atoms with Gasteiger partial charge in [-0.1, -0.05) is 26.0 Å². The third kappa shape index (κ3) is 2.82. The average Bonchev–Trinajstić information content (AvgIpc) is 2.04. The monoisotopic (exact) mass is 177 g/mol. The number of ether oxygens (including phenoxy) is 1. The molecule has 1 rings (SSSR count). The summed E-state index contributed by atoms with van der Waals surface area (Å²) in [5.41, 5.74) is 6.59. The van der Waals surface area contributed by atoms with Crippen LogP contribution in [0.3, 0.4) is 0 Å². The zero-order chi connectivity index (χ0) is 9.84. The van der Waals surface area contributed by atoms with Gasteiger partial charge in [-0.15, -0.1) is 0 Å². The van der Waals surface area contributed by atoms with Crippen molar-refractivity contribution in [3.8, 4) is 5.75 Å². The van der Waals surface area contributed by atoms with Crippen LogP contribution in [-0.4, -0.2) is 0 Å². The van der Waals surface area contributed by atoms with Crippen LogP contribution in [0.5, 0.6) is 5.75 Å². The highest BCUT2D eigenvalue weighted by Gasteiger charge is 1.99. The van der Waals surface area contributed by atoms with E-state index in [9.17, 15) is 0 Å². The van der Waals surface area contributed by atoms with Crippen molar-refractivity contribution in [2.24, 2.45) is 5.73 Å². The molecule has 0 saturated heterocycles. The molecule has 0 fully saturated rings. The highest BCUT2D eigenvalue weighted by atomic mass is 16.5. The van der Waals surface area contributed by atoms with Crippen LogP contribution in [0.2, 0.25) is 0 Å². The van der Waals surface area contributed by atoms with Gasteiger partial charge in [-0.25, -0.2) is 0 Å². The van der Waals surface area contributed by atoms with Crippen LogP contribution >= 0.6 is 0 Å². The lowest BCUT2D eigenvalue weighted by atomic mass is 10.0. The van der Waals surface area contributed by atoms with E-state index in [2.05, 4.69) is 20.4 Å². The lowest BCUT2D eigenvalue weighted by Gasteiger charge is -2.07. The largest absolute Gasteiger partial charge is 0.442 e. The Kier molecular flexibility index (Phi) is 2.96. The second-order valence-corrected chi connectivity index (χ2v) is 3.29. The summed E-state index contributed by atoms with van der Waals surface area (Å²) in [6.45, 7) is 7.76. The second-order valence-electron chi connectivity index (χ2n) is 3.29. The standard InChI is InChI=1S/C11H15NO/c1-8(2)10-4-6-11(7-5-10)13-9(3)12/h4-8H,3,12H2,1-2H3. The molecular formula is C11H15NO. The van der Waals surface area contributed by atoms with Crippen LogP contribution in [0.25, 0.3) is 0 Å². The molecule has 0 heterocycles. The Bertz CT molecular complexity index is 287. The third-order valence-electron chi connectivity index (χ3n) is 1.80. The summed E-state index contributed by atoms with van der Waals surface area (Å²) in [7, 11) is 0. The summed E-state index contributed by atoms with van der Waals surface area (Å²) in [5, 5.41) is 0. The zero-order valence-corrected chi connectivity index (χ0v) is 8.08. The summed E-state index contributed by atoms with van der Waals surface area (Å²) >= 11 is 0. The maximum atomic E-state index is 5.31. The van der Waals surface area contributed by atoms with Gasteiger partial charge in [-0.3, -0.25) is 0 Å². The molecule has 70 valence electrons. The van der Waals surface area contributed by atoms with Crippen molar-refractivity contribution in [3.63, 3.8) is 0 Å². The first kappa shape index (κ1) is 9.65. The molecule has 0 aliphatic carbocycles. The Balaban J connectivity index is 2.75. The fourth-order valence-electron chi connectivity index (χ4n) is 1.07. The predicted octanol–water partition coefficient (Wildman–Crippen LogP) is 2.62. The number of benzene rings is 1. The summed E-state index contributed by atoms with van der Waals surface area (Å²) in [6, 6.07) is 7.85. The molecule has 0 amide bonds. The van der Waals surface area contributed by atoms with Gasteiger partial charge in [0.05, 0.1) is 0 Å².